The molecule has 1 aromatic heterocycles. The minimum absolute atomic E-state index is 0.119. The SMILES string of the molecule is Cc1c(Cl)cccc1-n1nnc(CO)c1C(C)(C)C. The first-order chi connectivity index (χ1) is 8.86. The highest BCUT2D eigenvalue weighted by Crippen LogP contribution is 2.29. The van der Waals surface area contributed by atoms with Crippen molar-refractivity contribution in [1.82, 2.24) is 15.0 Å². The number of aliphatic hydroxyl groups is 1. The minimum Gasteiger partial charge on any atom is -0.390 e. The molecule has 0 saturated heterocycles. The maximum Gasteiger partial charge on any atom is 0.112 e. The second-order valence-electron chi connectivity index (χ2n) is 5.59. The average molecular weight is 280 g/mol. The van der Waals surface area contributed by atoms with Gasteiger partial charge in [0, 0.05) is 10.4 Å². The van der Waals surface area contributed by atoms with Crippen molar-refractivity contribution in [3.8, 4) is 5.69 Å². The van der Waals surface area contributed by atoms with Gasteiger partial charge in [-0.1, -0.05) is 43.7 Å². The fourth-order valence-corrected chi connectivity index (χ4v) is 2.33. The molecule has 2 rings (SSSR count). The van der Waals surface area contributed by atoms with Gasteiger partial charge >= 0.3 is 0 Å². The summed E-state index contributed by atoms with van der Waals surface area (Å²) in [6.07, 6.45) is 0. The van der Waals surface area contributed by atoms with Gasteiger partial charge in [0.1, 0.15) is 5.69 Å². The molecule has 19 heavy (non-hydrogen) atoms. The molecule has 0 radical (unpaired) electrons. The zero-order valence-corrected chi connectivity index (χ0v) is 12.4. The summed E-state index contributed by atoms with van der Waals surface area (Å²) in [4.78, 5) is 0. The highest BCUT2D eigenvalue weighted by molar-refractivity contribution is 6.31. The van der Waals surface area contributed by atoms with Gasteiger partial charge in [0.2, 0.25) is 0 Å². The molecule has 2 aromatic rings. The van der Waals surface area contributed by atoms with Crippen LogP contribution in [-0.2, 0) is 12.0 Å². The molecular formula is C14H18ClN3O. The fraction of sp³-hybridized carbons (Fsp3) is 0.429. The molecule has 5 heteroatoms. The highest BCUT2D eigenvalue weighted by atomic mass is 35.5. The van der Waals surface area contributed by atoms with Crippen LogP contribution in [-0.4, -0.2) is 20.1 Å². The van der Waals surface area contributed by atoms with E-state index in [0.29, 0.717) is 10.7 Å². The van der Waals surface area contributed by atoms with E-state index in [0.717, 1.165) is 16.9 Å². The Bertz CT molecular complexity index is 599. The van der Waals surface area contributed by atoms with Gasteiger partial charge < -0.3 is 5.11 Å². The predicted molar refractivity (Wildman–Crippen MR) is 75.7 cm³/mol. The molecule has 0 aliphatic carbocycles. The molecular weight excluding hydrogens is 262 g/mol. The third kappa shape index (κ3) is 2.51. The Morgan fingerprint density at radius 2 is 2.00 bits per heavy atom. The van der Waals surface area contributed by atoms with E-state index in [1.165, 1.54) is 0 Å². The summed E-state index contributed by atoms with van der Waals surface area (Å²) < 4.78 is 1.77. The van der Waals surface area contributed by atoms with E-state index < -0.39 is 0 Å². The van der Waals surface area contributed by atoms with Crippen LogP contribution in [0.2, 0.25) is 5.02 Å². The van der Waals surface area contributed by atoms with E-state index in [4.69, 9.17) is 11.6 Å². The summed E-state index contributed by atoms with van der Waals surface area (Å²) in [6.45, 7) is 8.04. The van der Waals surface area contributed by atoms with Gasteiger partial charge in [-0.2, -0.15) is 0 Å². The van der Waals surface area contributed by atoms with Crippen LogP contribution in [0.1, 0.15) is 37.7 Å². The number of rotatable bonds is 2. The van der Waals surface area contributed by atoms with Gasteiger partial charge in [-0.05, 0) is 24.6 Å². The number of aliphatic hydroxyl groups excluding tert-OH is 1. The smallest absolute Gasteiger partial charge is 0.112 e. The van der Waals surface area contributed by atoms with Gasteiger partial charge in [0.15, 0.2) is 0 Å². The van der Waals surface area contributed by atoms with Crippen molar-refractivity contribution < 1.29 is 5.11 Å². The van der Waals surface area contributed by atoms with Crippen molar-refractivity contribution in [2.24, 2.45) is 0 Å². The summed E-state index contributed by atoms with van der Waals surface area (Å²) in [5, 5.41) is 18.4. The monoisotopic (exact) mass is 279 g/mol. The fourth-order valence-electron chi connectivity index (χ4n) is 2.16. The van der Waals surface area contributed by atoms with Crippen LogP contribution in [0.3, 0.4) is 0 Å². The Morgan fingerprint density at radius 3 is 2.58 bits per heavy atom. The van der Waals surface area contributed by atoms with Crippen LogP contribution in [0.25, 0.3) is 5.69 Å². The van der Waals surface area contributed by atoms with Gasteiger partial charge in [0.05, 0.1) is 18.0 Å². The van der Waals surface area contributed by atoms with Gasteiger partial charge in [-0.25, -0.2) is 4.68 Å². The Kier molecular flexibility index (Phi) is 3.65. The molecule has 0 atom stereocenters. The molecule has 1 aromatic carbocycles. The lowest BCUT2D eigenvalue weighted by Gasteiger charge is -2.21. The zero-order valence-electron chi connectivity index (χ0n) is 11.6. The molecule has 0 fully saturated rings. The number of hydrogen-bond donors (Lipinski definition) is 1. The van der Waals surface area contributed by atoms with Crippen LogP contribution < -0.4 is 0 Å². The number of benzene rings is 1. The molecule has 0 bridgehead atoms. The standard InChI is InChI=1S/C14H18ClN3O/c1-9-10(15)6-5-7-12(9)18-13(14(2,3)4)11(8-19)16-17-18/h5-7,19H,8H2,1-4H3. The van der Waals surface area contributed by atoms with Crippen molar-refractivity contribution >= 4 is 11.6 Å². The number of hydrogen-bond acceptors (Lipinski definition) is 3. The van der Waals surface area contributed by atoms with E-state index in [-0.39, 0.29) is 12.0 Å². The third-order valence-corrected chi connectivity index (χ3v) is 3.48. The van der Waals surface area contributed by atoms with Crippen molar-refractivity contribution in [3.63, 3.8) is 0 Å². The first-order valence-corrected chi connectivity index (χ1v) is 6.55. The molecule has 1 heterocycles. The van der Waals surface area contributed by atoms with E-state index in [1.54, 1.807) is 4.68 Å². The molecule has 0 saturated carbocycles. The van der Waals surface area contributed by atoms with Crippen LogP contribution >= 0.6 is 11.6 Å². The second kappa shape index (κ2) is 4.94. The second-order valence-corrected chi connectivity index (χ2v) is 6.00. The molecule has 1 N–H and O–H groups in total. The van der Waals surface area contributed by atoms with Crippen molar-refractivity contribution in [3.05, 3.63) is 40.2 Å². The number of halogens is 1. The van der Waals surface area contributed by atoms with E-state index in [9.17, 15) is 5.11 Å². The third-order valence-electron chi connectivity index (χ3n) is 3.07. The van der Waals surface area contributed by atoms with Crippen LogP contribution in [0.15, 0.2) is 18.2 Å². The van der Waals surface area contributed by atoms with E-state index in [1.807, 2.05) is 25.1 Å². The van der Waals surface area contributed by atoms with Crippen molar-refractivity contribution in [2.45, 2.75) is 39.7 Å². The number of nitrogens with zero attached hydrogens (tertiary/aromatic N) is 3. The minimum atomic E-state index is -0.170. The molecule has 0 aliphatic rings. The molecule has 4 nitrogen and oxygen atoms in total. The lowest BCUT2D eigenvalue weighted by atomic mass is 9.90. The zero-order chi connectivity index (χ0) is 14.2. The molecule has 0 unspecified atom stereocenters. The summed E-state index contributed by atoms with van der Waals surface area (Å²) in [5.74, 6) is 0. The van der Waals surface area contributed by atoms with Crippen molar-refractivity contribution in [2.75, 3.05) is 0 Å². The lowest BCUT2D eigenvalue weighted by molar-refractivity contribution is 0.273. The summed E-state index contributed by atoms with van der Waals surface area (Å²) in [7, 11) is 0. The van der Waals surface area contributed by atoms with Crippen LogP contribution in [0.5, 0.6) is 0 Å². The van der Waals surface area contributed by atoms with Gasteiger partial charge in [0.25, 0.3) is 0 Å². The van der Waals surface area contributed by atoms with Gasteiger partial charge in [-0.3, -0.25) is 0 Å². The Hall–Kier alpha value is -1.39. The van der Waals surface area contributed by atoms with Crippen LogP contribution in [0.4, 0.5) is 0 Å². The Labute approximate surface area is 118 Å². The first kappa shape index (κ1) is 14.0. The molecule has 0 amide bonds. The molecule has 0 spiro atoms. The summed E-state index contributed by atoms with van der Waals surface area (Å²) >= 11 is 6.16. The van der Waals surface area contributed by atoms with Crippen molar-refractivity contribution in [1.29, 1.82) is 0 Å². The van der Waals surface area contributed by atoms with Gasteiger partial charge in [-0.15, -0.1) is 5.10 Å². The maximum absolute atomic E-state index is 9.42. The van der Waals surface area contributed by atoms with Crippen LogP contribution in [0, 0.1) is 6.92 Å². The quantitative estimate of drug-likeness (QED) is 0.919. The number of aromatic nitrogens is 3. The topological polar surface area (TPSA) is 50.9 Å². The Morgan fingerprint density at radius 1 is 1.32 bits per heavy atom. The summed E-state index contributed by atoms with van der Waals surface area (Å²) in [5.41, 5.74) is 3.18. The normalized spacial score (nSPS) is 11.9. The average Bonchev–Trinajstić information content (AvgIpc) is 2.76. The highest BCUT2D eigenvalue weighted by Gasteiger charge is 2.26. The Balaban J connectivity index is 2.70. The van der Waals surface area contributed by atoms with E-state index >= 15 is 0 Å². The molecule has 102 valence electrons. The molecule has 0 aliphatic heterocycles. The first-order valence-electron chi connectivity index (χ1n) is 6.17. The lowest BCUT2D eigenvalue weighted by Crippen LogP contribution is -2.20. The van der Waals surface area contributed by atoms with E-state index in [2.05, 4.69) is 31.1 Å². The maximum atomic E-state index is 9.42. The predicted octanol–water partition coefficient (Wildman–Crippen LogP) is 3.02. The summed E-state index contributed by atoms with van der Waals surface area (Å²) in [6, 6.07) is 5.69. The largest absolute Gasteiger partial charge is 0.390 e.